The number of hydrogen-bond acceptors (Lipinski definition) is 3. The molecule has 0 spiro atoms. The molecule has 0 atom stereocenters. The summed E-state index contributed by atoms with van der Waals surface area (Å²) in [4.78, 5) is 0. The summed E-state index contributed by atoms with van der Waals surface area (Å²) >= 11 is 0. The van der Waals surface area contributed by atoms with E-state index in [0.717, 1.165) is 16.9 Å². The smallest absolute Gasteiger partial charge is 0.168 e. The van der Waals surface area contributed by atoms with Crippen LogP contribution in [0.2, 0.25) is 0 Å². The van der Waals surface area contributed by atoms with Crippen molar-refractivity contribution in [3.63, 3.8) is 0 Å². The quantitative estimate of drug-likeness (QED) is 0.776. The molecule has 3 nitrogen and oxygen atoms in total. The Labute approximate surface area is 113 Å². The van der Waals surface area contributed by atoms with Crippen LogP contribution in [0.5, 0.6) is 17.2 Å². The van der Waals surface area contributed by atoms with Gasteiger partial charge in [-0.3, -0.25) is 0 Å². The fourth-order valence-electron chi connectivity index (χ4n) is 2.13. The van der Waals surface area contributed by atoms with E-state index in [9.17, 15) is 0 Å². The molecule has 0 unspecified atom stereocenters. The van der Waals surface area contributed by atoms with Crippen LogP contribution in [0.1, 0.15) is 17.5 Å². The Morgan fingerprint density at radius 2 is 1.53 bits per heavy atom. The summed E-state index contributed by atoms with van der Waals surface area (Å²) in [6.07, 6.45) is 1.79. The lowest BCUT2D eigenvalue weighted by Crippen LogP contribution is -2.03. The first-order valence-corrected chi connectivity index (χ1v) is 6.04. The van der Waals surface area contributed by atoms with Crippen LogP contribution >= 0.6 is 0 Å². The van der Waals surface area contributed by atoms with Crippen molar-refractivity contribution < 1.29 is 14.2 Å². The minimum Gasteiger partial charge on any atom is -0.496 e. The third-order valence-corrected chi connectivity index (χ3v) is 2.97. The van der Waals surface area contributed by atoms with Gasteiger partial charge < -0.3 is 14.2 Å². The molecule has 0 saturated carbocycles. The molecule has 3 heteroatoms. The summed E-state index contributed by atoms with van der Waals surface area (Å²) in [7, 11) is 4.90. The maximum Gasteiger partial charge on any atom is 0.168 e. The molecule has 19 heavy (non-hydrogen) atoms. The standard InChI is InChI=1S/C16H16O3/c1-17-14-11-12-9-7-5-4-6-8-10-13(15(12)18-2)16(14)19-3/h11H,4,9-10H2,1-3H3. The molecule has 2 bridgehead atoms. The van der Waals surface area contributed by atoms with E-state index in [0.29, 0.717) is 30.8 Å². The first kappa shape index (κ1) is 13.2. The van der Waals surface area contributed by atoms with E-state index in [4.69, 9.17) is 14.2 Å². The summed E-state index contributed by atoms with van der Waals surface area (Å²) in [6.45, 7) is 0. The number of ether oxygens (including phenoxy) is 3. The van der Waals surface area contributed by atoms with Crippen molar-refractivity contribution in [1.82, 2.24) is 0 Å². The van der Waals surface area contributed by atoms with Crippen molar-refractivity contribution in [2.75, 3.05) is 21.3 Å². The van der Waals surface area contributed by atoms with E-state index < -0.39 is 0 Å². The van der Waals surface area contributed by atoms with Crippen LogP contribution in [0, 0.1) is 23.7 Å². The van der Waals surface area contributed by atoms with Gasteiger partial charge in [0.25, 0.3) is 0 Å². The van der Waals surface area contributed by atoms with Gasteiger partial charge in [-0.2, -0.15) is 0 Å². The molecule has 0 fully saturated rings. The lowest BCUT2D eigenvalue weighted by atomic mass is 10.0. The highest BCUT2D eigenvalue weighted by Crippen LogP contribution is 2.40. The van der Waals surface area contributed by atoms with Gasteiger partial charge in [-0.15, -0.1) is 0 Å². The molecule has 1 aromatic carbocycles. The van der Waals surface area contributed by atoms with Gasteiger partial charge in [0.2, 0.25) is 0 Å². The van der Waals surface area contributed by atoms with Gasteiger partial charge in [0.15, 0.2) is 11.5 Å². The summed E-state index contributed by atoms with van der Waals surface area (Å²) in [5.74, 6) is 14.4. The summed E-state index contributed by atoms with van der Waals surface area (Å²) < 4.78 is 16.4. The first-order chi connectivity index (χ1) is 9.31. The Hall–Kier alpha value is -2.26. The Bertz CT molecular complexity index is 594. The maximum absolute atomic E-state index is 5.52. The van der Waals surface area contributed by atoms with Crippen molar-refractivity contribution in [3.8, 4) is 40.9 Å². The molecule has 0 N–H and O–H groups in total. The van der Waals surface area contributed by atoms with Gasteiger partial charge in [0, 0.05) is 18.4 Å². The van der Waals surface area contributed by atoms with E-state index >= 15 is 0 Å². The van der Waals surface area contributed by atoms with Crippen molar-refractivity contribution >= 4 is 0 Å². The van der Waals surface area contributed by atoms with Crippen molar-refractivity contribution in [2.45, 2.75) is 19.3 Å². The number of methoxy groups -OCH3 is 3. The van der Waals surface area contributed by atoms with Crippen LogP contribution in [0.4, 0.5) is 0 Å². The number of hydrogen-bond donors (Lipinski definition) is 0. The maximum atomic E-state index is 5.52. The lowest BCUT2D eigenvalue weighted by Gasteiger charge is -2.18. The second-order valence-corrected chi connectivity index (χ2v) is 4.02. The fourth-order valence-corrected chi connectivity index (χ4v) is 2.13. The average molecular weight is 256 g/mol. The normalized spacial score (nSPS) is 12.4. The van der Waals surface area contributed by atoms with Crippen LogP contribution in [0.3, 0.4) is 0 Å². The molecule has 1 aliphatic rings. The highest BCUT2D eigenvalue weighted by Gasteiger charge is 2.19. The minimum absolute atomic E-state index is 0.568. The zero-order chi connectivity index (χ0) is 13.7. The van der Waals surface area contributed by atoms with Crippen LogP contribution in [-0.4, -0.2) is 21.3 Å². The van der Waals surface area contributed by atoms with E-state index in [-0.39, 0.29) is 0 Å². The molecule has 0 heterocycles. The molecule has 0 saturated heterocycles. The second kappa shape index (κ2) is 6.07. The summed E-state index contributed by atoms with van der Waals surface area (Å²) in [5, 5.41) is 0. The van der Waals surface area contributed by atoms with Crippen LogP contribution in [0.15, 0.2) is 6.07 Å². The van der Waals surface area contributed by atoms with Gasteiger partial charge >= 0.3 is 0 Å². The Morgan fingerprint density at radius 3 is 2.16 bits per heavy atom. The van der Waals surface area contributed by atoms with Crippen LogP contribution < -0.4 is 14.2 Å². The summed E-state index contributed by atoms with van der Waals surface area (Å²) in [5.41, 5.74) is 1.93. The SMILES string of the molecule is COc1cc2c(OC)c(c1OC)CC#CCC#CC2. The molecular weight excluding hydrogens is 240 g/mol. The van der Waals surface area contributed by atoms with Crippen molar-refractivity contribution in [1.29, 1.82) is 0 Å². The third-order valence-electron chi connectivity index (χ3n) is 2.97. The van der Waals surface area contributed by atoms with E-state index in [1.807, 2.05) is 6.07 Å². The zero-order valence-corrected chi connectivity index (χ0v) is 11.4. The monoisotopic (exact) mass is 256 g/mol. The number of fused-ring (bicyclic) bond motifs is 2. The molecular formula is C16H16O3. The topological polar surface area (TPSA) is 27.7 Å². The Balaban J connectivity index is 2.68. The molecule has 0 aliphatic heterocycles. The van der Waals surface area contributed by atoms with Gasteiger partial charge in [-0.25, -0.2) is 0 Å². The van der Waals surface area contributed by atoms with Gasteiger partial charge in [0.1, 0.15) is 5.75 Å². The second-order valence-electron chi connectivity index (χ2n) is 4.02. The molecule has 0 radical (unpaired) electrons. The molecule has 2 rings (SSSR count). The molecule has 1 aromatic rings. The Morgan fingerprint density at radius 1 is 0.842 bits per heavy atom. The highest BCUT2D eigenvalue weighted by atomic mass is 16.5. The molecule has 0 aromatic heterocycles. The van der Waals surface area contributed by atoms with E-state index in [1.54, 1.807) is 21.3 Å². The van der Waals surface area contributed by atoms with Gasteiger partial charge in [-0.1, -0.05) is 23.7 Å². The zero-order valence-electron chi connectivity index (χ0n) is 11.4. The van der Waals surface area contributed by atoms with E-state index in [1.165, 1.54) is 0 Å². The molecule has 98 valence electrons. The van der Waals surface area contributed by atoms with Crippen molar-refractivity contribution in [3.05, 3.63) is 17.2 Å². The average Bonchev–Trinajstić information content (AvgIpc) is 2.44. The minimum atomic E-state index is 0.568. The van der Waals surface area contributed by atoms with Crippen LogP contribution in [0.25, 0.3) is 0 Å². The number of rotatable bonds is 3. The largest absolute Gasteiger partial charge is 0.496 e. The molecule has 0 amide bonds. The van der Waals surface area contributed by atoms with Gasteiger partial charge in [0.05, 0.1) is 33.3 Å². The highest BCUT2D eigenvalue weighted by molar-refractivity contribution is 5.60. The predicted molar refractivity (Wildman–Crippen MR) is 73.7 cm³/mol. The van der Waals surface area contributed by atoms with Crippen molar-refractivity contribution in [2.24, 2.45) is 0 Å². The molecule has 1 aliphatic carbocycles. The van der Waals surface area contributed by atoms with E-state index in [2.05, 4.69) is 23.7 Å². The number of benzene rings is 1. The van der Waals surface area contributed by atoms with Crippen LogP contribution in [-0.2, 0) is 12.8 Å². The fraction of sp³-hybridized carbons (Fsp3) is 0.375. The first-order valence-electron chi connectivity index (χ1n) is 6.04. The Kier molecular flexibility index (Phi) is 4.21. The summed E-state index contributed by atoms with van der Waals surface area (Å²) in [6, 6.07) is 1.92. The third kappa shape index (κ3) is 2.61. The lowest BCUT2D eigenvalue weighted by molar-refractivity contribution is 0.343. The predicted octanol–water partition coefficient (Wildman–Crippen LogP) is 2.21. The van der Waals surface area contributed by atoms with Gasteiger partial charge in [-0.05, 0) is 6.07 Å².